The third-order valence-electron chi connectivity index (χ3n) is 2.22. The predicted octanol–water partition coefficient (Wildman–Crippen LogP) is 5.03. The van der Waals surface area contributed by atoms with E-state index in [1.54, 1.807) is 23.9 Å². The van der Waals surface area contributed by atoms with Crippen LogP contribution in [0.25, 0.3) is 0 Å². The molecule has 1 heterocycles. The van der Waals surface area contributed by atoms with E-state index in [1.807, 2.05) is 18.2 Å². The predicted molar refractivity (Wildman–Crippen MR) is 82.4 cm³/mol. The Morgan fingerprint density at radius 3 is 2.72 bits per heavy atom. The lowest BCUT2D eigenvalue weighted by molar-refractivity contribution is 1.17. The van der Waals surface area contributed by atoms with Crippen molar-refractivity contribution < 1.29 is 0 Å². The number of anilines is 1. The highest BCUT2D eigenvalue weighted by molar-refractivity contribution is 9.10. The highest BCUT2D eigenvalue weighted by Crippen LogP contribution is 2.31. The summed E-state index contributed by atoms with van der Waals surface area (Å²) in [5.41, 5.74) is 7.41. The fraction of sp³-hybridized carbons (Fsp3) is 0.0833. The van der Waals surface area contributed by atoms with Gasteiger partial charge in [0.25, 0.3) is 0 Å². The average Bonchev–Trinajstić information content (AvgIpc) is 2.32. The van der Waals surface area contributed by atoms with Crippen molar-refractivity contribution in [2.75, 3.05) is 5.73 Å². The summed E-state index contributed by atoms with van der Waals surface area (Å²) in [6.07, 6.45) is 0. The zero-order valence-corrected chi connectivity index (χ0v) is 13.1. The molecule has 18 heavy (non-hydrogen) atoms. The van der Waals surface area contributed by atoms with Crippen LogP contribution in [0.1, 0.15) is 5.69 Å². The van der Waals surface area contributed by atoms with E-state index < -0.39 is 0 Å². The van der Waals surface area contributed by atoms with Crippen LogP contribution in [-0.4, -0.2) is 4.98 Å². The Labute approximate surface area is 128 Å². The van der Waals surface area contributed by atoms with Gasteiger partial charge in [0.05, 0.1) is 10.7 Å². The zero-order valence-electron chi connectivity index (χ0n) is 9.16. The van der Waals surface area contributed by atoms with E-state index in [2.05, 4.69) is 20.9 Å². The van der Waals surface area contributed by atoms with E-state index in [1.165, 1.54) is 0 Å². The van der Waals surface area contributed by atoms with Gasteiger partial charge in [0.2, 0.25) is 0 Å². The molecule has 0 atom stereocenters. The molecular formula is C12H9BrCl2N2S. The first-order valence-corrected chi connectivity index (χ1v) is 7.58. The van der Waals surface area contributed by atoms with Gasteiger partial charge in [-0.2, -0.15) is 0 Å². The monoisotopic (exact) mass is 362 g/mol. The summed E-state index contributed by atoms with van der Waals surface area (Å²) in [5.74, 6) is 0.630. The fourth-order valence-corrected chi connectivity index (χ4v) is 3.05. The van der Waals surface area contributed by atoms with E-state index in [-0.39, 0.29) is 0 Å². The van der Waals surface area contributed by atoms with E-state index in [0.29, 0.717) is 15.9 Å². The Morgan fingerprint density at radius 2 is 2.00 bits per heavy atom. The Morgan fingerprint density at radius 1 is 1.22 bits per heavy atom. The van der Waals surface area contributed by atoms with Crippen LogP contribution < -0.4 is 5.73 Å². The molecular weight excluding hydrogens is 355 g/mol. The van der Waals surface area contributed by atoms with Crippen molar-refractivity contribution in [1.29, 1.82) is 0 Å². The van der Waals surface area contributed by atoms with Crippen LogP contribution in [-0.2, 0) is 5.75 Å². The van der Waals surface area contributed by atoms with Gasteiger partial charge in [0.1, 0.15) is 5.15 Å². The molecule has 0 aliphatic heterocycles. The minimum absolute atomic E-state index is 0.443. The Balaban J connectivity index is 2.13. The molecule has 2 aromatic rings. The second-order valence-corrected chi connectivity index (χ2v) is 6.26. The van der Waals surface area contributed by atoms with Gasteiger partial charge in [0.15, 0.2) is 0 Å². The van der Waals surface area contributed by atoms with Crippen LogP contribution in [0.3, 0.4) is 0 Å². The molecule has 1 aromatic carbocycles. The molecule has 0 saturated carbocycles. The van der Waals surface area contributed by atoms with Crippen molar-refractivity contribution in [1.82, 2.24) is 4.98 Å². The molecule has 1 aromatic heterocycles. The van der Waals surface area contributed by atoms with Crippen LogP contribution in [0.15, 0.2) is 39.7 Å². The second-order valence-electron chi connectivity index (χ2n) is 3.53. The Hall–Kier alpha value is -0.420. The van der Waals surface area contributed by atoms with Crippen molar-refractivity contribution >= 4 is 56.6 Å². The van der Waals surface area contributed by atoms with Gasteiger partial charge in [-0.05, 0) is 30.3 Å². The van der Waals surface area contributed by atoms with Gasteiger partial charge in [-0.15, -0.1) is 11.8 Å². The number of rotatable bonds is 3. The van der Waals surface area contributed by atoms with Gasteiger partial charge in [-0.1, -0.05) is 39.1 Å². The summed E-state index contributed by atoms with van der Waals surface area (Å²) in [7, 11) is 0. The van der Waals surface area contributed by atoms with Crippen molar-refractivity contribution in [3.05, 3.63) is 50.7 Å². The van der Waals surface area contributed by atoms with Crippen LogP contribution in [0.2, 0.25) is 10.2 Å². The number of pyridine rings is 1. The molecule has 0 unspecified atom stereocenters. The molecule has 0 aliphatic carbocycles. The van der Waals surface area contributed by atoms with Crippen LogP contribution >= 0.6 is 50.9 Å². The number of benzene rings is 1. The lowest BCUT2D eigenvalue weighted by Gasteiger charge is -2.07. The first-order chi connectivity index (χ1) is 8.56. The number of nitrogens with two attached hydrogens (primary N) is 1. The van der Waals surface area contributed by atoms with Crippen LogP contribution in [0, 0.1) is 0 Å². The van der Waals surface area contributed by atoms with Crippen LogP contribution in [0.5, 0.6) is 0 Å². The third kappa shape index (κ3) is 3.54. The lowest BCUT2D eigenvalue weighted by atomic mass is 10.3. The maximum absolute atomic E-state index is 6.05. The molecule has 2 nitrogen and oxygen atoms in total. The number of halogens is 3. The zero-order chi connectivity index (χ0) is 13.1. The summed E-state index contributed by atoms with van der Waals surface area (Å²) in [6.45, 7) is 0. The number of thioether (sulfide) groups is 1. The molecule has 6 heteroatoms. The SMILES string of the molecule is Nc1cc(Br)ccc1SCc1nc(Cl)ccc1Cl. The molecule has 0 fully saturated rings. The van der Waals surface area contributed by atoms with Crippen molar-refractivity contribution in [2.45, 2.75) is 10.6 Å². The molecule has 2 rings (SSSR count). The largest absolute Gasteiger partial charge is 0.398 e. The lowest BCUT2D eigenvalue weighted by Crippen LogP contribution is -1.92. The van der Waals surface area contributed by atoms with Gasteiger partial charge < -0.3 is 5.73 Å². The molecule has 0 aliphatic rings. The van der Waals surface area contributed by atoms with Crippen LogP contribution in [0.4, 0.5) is 5.69 Å². The second kappa shape index (κ2) is 6.15. The van der Waals surface area contributed by atoms with E-state index in [4.69, 9.17) is 28.9 Å². The van der Waals surface area contributed by atoms with Gasteiger partial charge in [0, 0.05) is 20.8 Å². The van der Waals surface area contributed by atoms with Gasteiger partial charge in [-0.3, -0.25) is 0 Å². The Bertz CT molecular complexity index is 578. The van der Waals surface area contributed by atoms with E-state index in [9.17, 15) is 0 Å². The molecule has 94 valence electrons. The maximum atomic E-state index is 6.05. The number of hydrogen-bond donors (Lipinski definition) is 1. The smallest absolute Gasteiger partial charge is 0.129 e. The standard InChI is InChI=1S/C12H9BrCl2N2S/c13-7-1-3-11(9(16)5-7)18-6-10-8(14)2-4-12(15)17-10/h1-5H,6,16H2. The van der Waals surface area contributed by atoms with Crippen molar-refractivity contribution in [3.63, 3.8) is 0 Å². The van der Waals surface area contributed by atoms with Crippen molar-refractivity contribution in [3.8, 4) is 0 Å². The number of nitrogen functional groups attached to an aromatic ring is 1. The summed E-state index contributed by atoms with van der Waals surface area (Å²) >= 11 is 16.8. The topological polar surface area (TPSA) is 38.9 Å². The molecule has 0 bridgehead atoms. The highest BCUT2D eigenvalue weighted by atomic mass is 79.9. The van der Waals surface area contributed by atoms with Gasteiger partial charge in [-0.25, -0.2) is 4.98 Å². The quantitative estimate of drug-likeness (QED) is 0.472. The summed E-state index contributed by atoms with van der Waals surface area (Å²) < 4.78 is 0.961. The Kier molecular flexibility index (Phi) is 4.78. The molecule has 0 saturated heterocycles. The van der Waals surface area contributed by atoms with Crippen molar-refractivity contribution in [2.24, 2.45) is 0 Å². The summed E-state index contributed by atoms with van der Waals surface area (Å²) in [5, 5.41) is 1.06. The average molecular weight is 364 g/mol. The molecule has 0 radical (unpaired) electrons. The number of hydrogen-bond acceptors (Lipinski definition) is 3. The summed E-state index contributed by atoms with van der Waals surface area (Å²) in [6, 6.07) is 9.20. The van der Waals surface area contributed by atoms with E-state index >= 15 is 0 Å². The highest BCUT2D eigenvalue weighted by Gasteiger charge is 2.06. The third-order valence-corrected chi connectivity index (χ3v) is 4.37. The minimum atomic E-state index is 0.443. The summed E-state index contributed by atoms with van der Waals surface area (Å²) in [4.78, 5) is 5.19. The molecule has 0 spiro atoms. The molecule has 2 N–H and O–H groups in total. The van der Waals surface area contributed by atoms with E-state index in [0.717, 1.165) is 20.7 Å². The first kappa shape index (κ1) is 14.0. The first-order valence-electron chi connectivity index (χ1n) is 5.05. The number of nitrogens with zero attached hydrogens (tertiary/aromatic N) is 1. The fourth-order valence-electron chi connectivity index (χ4n) is 1.36. The normalized spacial score (nSPS) is 10.6. The molecule has 0 amide bonds. The van der Waals surface area contributed by atoms with Gasteiger partial charge >= 0.3 is 0 Å². The number of aromatic nitrogens is 1. The minimum Gasteiger partial charge on any atom is -0.398 e. The maximum Gasteiger partial charge on any atom is 0.129 e.